The summed E-state index contributed by atoms with van der Waals surface area (Å²) in [5.74, 6) is -0.682. The van der Waals surface area contributed by atoms with Crippen molar-refractivity contribution in [3.63, 3.8) is 0 Å². The molecule has 0 spiro atoms. The summed E-state index contributed by atoms with van der Waals surface area (Å²) in [6.07, 6.45) is 1.55. The van der Waals surface area contributed by atoms with Crippen LogP contribution in [0.1, 0.15) is 21.5 Å². The van der Waals surface area contributed by atoms with Crippen LogP contribution >= 0.6 is 0 Å². The molecule has 0 atom stereocenters. The third-order valence-electron chi connectivity index (χ3n) is 4.42. The van der Waals surface area contributed by atoms with Crippen LogP contribution < -0.4 is 4.74 Å². The van der Waals surface area contributed by atoms with Gasteiger partial charge in [0.25, 0.3) is 5.91 Å². The average molecular weight is 392 g/mol. The van der Waals surface area contributed by atoms with Crippen LogP contribution in [0, 0.1) is 11.3 Å². The van der Waals surface area contributed by atoms with Gasteiger partial charge in [0.2, 0.25) is 0 Å². The first-order chi connectivity index (χ1) is 14.1. The minimum atomic E-state index is -0.983. The number of carboxylic acid groups (broad SMARTS) is 1. The second-order valence-electron chi connectivity index (χ2n) is 6.44. The molecule has 1 saturated heterocycles. The van der Waals surface area contributed by atoms with Gasteiger partial charge in [0.15, 0.2) is 0 Å². The van der Waals surface area contributed by atoms with Crippen molar-refractivity contribution in [1.82, 2.24) is 4.90 Å². The van der Waals surface area contributed by atoms with Gasteiger partial charge in [-0.1, -0.05) is 24.3 Å². The van der Waals surface area contributed by atoms with Crippen molar-refractivity contribution in [2.75, 3.05) is 26.3 Å². The molecule has 1 fully saturated rings. The van der Waals surface area contributed by atoms with Crippen molar-refractivity contribution in [3.8, 4) is 11.8 Å². The third-order valence-corrected chi connectivity index (χ3v) is 4.42. The normalized spacial score (nSPS) is 14.2. The van der Waals surface area contributed by atoms with E-state index in [-0.39, 0.29) is 23.7 Å². The average Bonchev–Trinajstić information content (AvgIpc) is 2.77. The number of hydrogen-bond acceptors (Lipinski definition) is 5. The molecule has 29 heavy (non-hydrogen) atoms. The first-order valence-corrected chi connectivity index (χ1v) is 9.11. The molecule has 1 aliphatic rings. The highest BCUT2D eigenvalue weighted by molar-refractivity contribution is 6.01. The van der Waals surface area contributed by atoms with Crippen molar-refractivity contribution < 1.29 is 24.2 Å². The maximum atomic E-state index is 12.4. The van der Waals surface area contributed by atoms with Crippen molar-refractivity contribution in [3.05, 3.63) is 70.8 Å². The summed E-state index contributed by atoms with van der Waals surface area (Å²) in [6.45, 7) is 2.15. The fourth-order valence-electron chi connectivity index (χ4n) is 2.87. The van der Waals surface area contributed by atoms with Gasteiger partial charge in [0.1, 0.15) is 24.0 Å². The number of ether oxygens (including phenoxy) is 2. The SMILES string of the molecule is N#C/C(=C/c1ccc(OCc2cccc(C(=O)O)c2)cc1)C(=O)N1CCOCC1. The molecule has 0 bridgehead atoms. The highest BCUT2D eigenvalue weighted by Gasteiger charge is 2.20. The van der Waals surface area contributed by atoms with E-state index in [1.54, 1.807) is 53.4 Å². The number of morpholine rings is 1. The molecule has 7 heteroatoms. The lowest BCUT2D eigenvalue weighted by Gasteiger charge is -2.26. The minimum Gasteiger partial charge on any atom is -0.489 e. The van der Waals surface area contributed by atoms with Gasteiger partial charge < -0.3 is 19.5 Å². The molecule has 148 valence electrons. The first kappa shape index (κ1) is 20.1. The van der Waals surface area contributed by atoms with Gasteiger partial charge in [-0.05, 0) is 41.5 Å². The van der Waals surface area contributed by atoms with E-state index in [0.717, 1.165) is 5.56 Å². The summed E-state index contributed by atoms with van der Waals surface area (Å²) in [7, 11) is 0. The maximum Gasteiger partial charge on any atom is 0.335 e. The standard InChI is InChI=1S/C22H20N2O5/c23-14-19(21(25)24-8-10-28-11-9-24)12-16-4-6-20(7-5-16)29-15-17-2-1-3-18(13-17)22(26)27/h1-7,12-13H,8-11,15H2,(H,26,27)/b19-12-. The molecule has 1 N–H and O–H groups in total. The second-order valence-corrected chi connectivity index (χ2v) is 6.44. The van der Waals surface area contributed by atoms with Crippen LogP contribution in [0.25, 0.3) is 6.08 Å². The Hall–Kier alpha value is -3.63. The fraction of sp³-hybridized carbons (Fsp3) is 0.227. The zero-order chi connectivity index (χ0) is 20.6. The van der Waals surface area contributed by atoms with Gasteiger partial charge in [-0.2, -0.15) is 5.26 Å². The van der Waals surface area contributed by atoms with Crippen LogP contribution in [-0.2, 0) is 16.1 Å². The molecule has 0 radical (unpaired) electrons. The number of hydrogen-bond donors (Lipinski definition) is 1. The number of carbonyl (C=O) groups is 2. The fourth-order valence-corrected chi connectivity index (χ4v) is 2.87. The van der Waals surface area contributed by atoms with E-state index < -0.39 is 5.97 Å². The van der Waals surface area contributed by atoms with Crippen molar-refractivity contribution >= 4 is 18.0 Å². The van der Waals surface area contributed by atoms with E-state index >= 15 is 0 Å². The number of carbonyl (C=O) groups excluding carboxylic acids is 1. The zero-order valence-corrected chi connectivity index (χ0v) is 15.7. The second kappa shape index (κ2) is 9.53. The number of rotatable bonds is 6. The van der Waals surface area contributed by atoms with Gasteiger partial charge in [0.05, 0.1) is 18.8 Å². The topological polar surface area (TPSA) is 99.9 Å². The Balaban J connectivity index is 1.64. The van der Waals surface area contributed by atoms with Crippen molar-refractivity contribution in [1.29, 1.82) is 5.26 Å². The van der Waals surface area contributed by atoms with Crippen molar-refractivity contribution in [2.45, 2.75) is 6.61 Å². The highest BCUT2D eigenvalue weighted by Crippen LogP contribution is 2.17. The Morgan fingerprint density at radius 3 is 2.55 bits per heavy atom. The molecule has 0 saturated carbocycles. The molecule has 1 amide bonds. The van der Waals surface area contributed by atoms with Gasteiger partial charge >= 0.3 is 5.97 Å². The summed E-state index contributed by atoms with van der Waals surface area (Å²) in [5.41, 5.74) is 1.74. The van der Waals surface area contributed by atoms with Gasteiger partial charge in [0, 0.05) is 13.1 Å². The Morgan fingerprint density at radius 1 is 1.17 bits per heavy atom. The summed E-state index contributed by atoms with van der Waals surface area (Å²) in [4.78, 5) is 25.1. The summed E-state index contributed by atoms with van der Waals surface area (Å²) >= 11 is 0. The largest absolute Gasteiger partial charge is 0.489 e. The Labute approximate surface area is 168 Å². The maximum absolute atomic E-state index is 12.4. The number of carboxylic acids is 1. The van der Waals surface area contributed by atoms with Crippen LogP contribution in [0.3, 0.4) is 0 Å². The molecule has 7 nitrogen and oxygen atoms in total. The molecule has 1 heterocycles. The van der Waals surface area contributed by atoms with Gasteiger partial charge in [-0.3, -0.25) is 4.79 Å². The van der Waals surface area contributed by atoms with E-state index in [4.69, 9.17) is 14.6 Å². The quantitative estimate of drug-likeness (QED) is 0.599. The summed E-state index contributed by atoms with van der Waals surface area (Å²) in [6, 6.07) is 15.5. The molecule has 2 aromatic rings. The predicted molar refractivity (Wildman–Crippen MR) is 105 cm³/mol. The number of benzene rings is 2. The minimum absolute atomic E-state index is 0.0750. The Kier molecular flexibility index (Phi) is 6.61. The molecule has 0 unspecified atom stereocenters. The zero-order valence-electron chi connectivity index (χ0n) is 15.7. The molecule has 2 aromatic carbocycles. The number of nitriles is 1. The Bertz CT molecular complexity index is 954. The van der Waals surface area contributed by atoms with E-state index in [0.29, 0.717) is 37.6 Å². The molecule has 0 aliphatic carbocycles. The highest BCUT2D eigenvalue weighted by atomic mass is 16.5. The monoisotopic (exact) mass is 392 g/mol. The van der Waals surface area contributed by atoms with Gasteiger partial charge in [-0.25, -0.2) is 4.79 Å². The molecular formula is C22H20N2O5. The lowest BCUT2D eigenvalue weighted by Crippen LogP contribution is -2.41. The molecular weight excluding hydrogens is 372 g/mol. The molecule has 1 aliphatic heterocycles. The third kappa shape index (κ3) is 5.43. The summed E-state index contributed by atoms with van der Waals surface area (Å²) < 4.78 is 10.9. The molecule has 3 rings (SSSR count). The lowest BCUT2D eigenvalue weighted by atomic mass is 10.1. The smallest absolute Gasteiger partial charge is 0.335 e. The van der Waals surface area contributed by atoms with E-state index in [9.17, 15) is 14.9 Å². The van der Waals surface area contributed by atoms with Crippen molar-refractivity contribution in [2.24, 2.45) is 0 Å². The lowest BCUT2D eigenvalue weighted by molar-refractivity contribution is -0.130. The molecule has 0 aromatic heterocycles. The van der Waals surface area contributed by atoms with Gasteiger partial charge in [-0.15, -0.1) is 0 Å². The van der Waals surface area contributed by atoms with Crippen LogP contribution in [0.5, 0.6) is 5.75 Å². The predicted octanol–water partition coefficient (Wildman–Crippen LogP) is 2.73. The van der Waals surface area contributed by atoms with Crippen LogP contribution in [0.2, 0.25) is 0 Å². The number of aromatic carboxylic acids is 1. The number of amides is 1. The summed E-state index contributed by atoms with van der Waals surface area (Å²) in [5, 5.41) is 18.4. The van der Waals surface area contributed by atoms with E-state index in [1.165, 1.54) is 6.07 Å². The van der Waals surface area contributed by atoms with Crippen LogP contribution in [-0.4, -0.2) is 48.2 Å². The Morgan fingerprint density at radius 2 is 1.90 bits per heavy atom. The number of nitrogens with zero attached hydrogens (tertiary/aromatic N) is 2. The first-order valence-electron chi connectivity index (χ1n) is 9.11. The van der Waals surface area contributed by atoms with E-state index in [1.807, 2.05) is 6.07 Å². The van der Waals surface area contributed by atoms with E-state index in [2.05, 4.69) is 0 Å². The van der Waals surface area contributed by atoms with Crippen LogP contribution in [0.4, 0.5) is 0 Å². The van der Waals surface area contributed by atoms with Crippen LogP contribution in [0.15, 0.2) is 54.1 Å².